The molecule has 1 aromatic rings. The largest absolute Gasteiger partial charge is 0.378 e. The Morgan fingerprint density at radius 2 is 2.13 bits per heavy atom. The van der Waals surface area contributed by atoms with Crippen LogP contribution in [0.1, 0.15) is 25.8 Å². The molecule has 78 valence electrons. The van der Waals surface area contributed by atoms with Gasteiger partial charge in [0.2, 0.25) is 0 Å². The molecule has 0 amide bonds. The van der Waals surface area contributed by atoms with Crippen LogP contribution in [0.4, 0.5) is 5.69 Å². The summed E-state index contributed by atoms with van der Waals surface area (Å²) < 4.78 is 0. The number of Topliss-reactive ketones (excluding diaryl/α,β-unsaturated/α-hetero) is 1. The molecule has 15 heavy (non-hydrogen) atoms. The zero-order valence-corrected chi connectivity index (χ0v) is 9.08. The minimum Gasteiger partial charge on any atom is -0.378 e. The highest BCUT2D eigenvalue weighted by atomic mass is 16.1. The van der Waals surface area contributed by atoms with Crippen molar-refractivity contribution in [2.24, 2.45) is 0 Å². The first-order valence-electron chi connectivity index (χ1n) is 5.30. The van der Waals surface area contributed by atoms with Crippen molar-refractivity contribution >= 4 is 17.5 Å². The molecule has 1 atom stereocenters. The molecule has 0 aliphatic carbocycles. The molecule has 2 nitrogen and oxygen atoms in total. The third-order valence-electron chi connectivity index (χ3n) is 2.79. The van der Waals surface area contributed by atoms with Crippen LogP contribution < -0.4 is 5.32 Å². The fraction of sp³-hybridized carbons (Fsp3) is 0.308. The van der Waals surface area contributed by atoms with E-state index < -0.39 is 0 Å². The number of carbonyl (C=O) groups excluding carboxylic acids is 1. The van der Waals surface area contributed by atoms with Gasteiger partial charge in [0, 0.05) is 11.3 Å². The number of fused-ring (bicyclic) bond motifs is 1. The Kier molecular flexibility index (Phi) is 2.58. The van der Waals surface area contributed by atoms with Gasteiger partial charge in [0.1, 0.15) is 0 Å². The van der Waals surface area contributed by atoms with E-state index in [0.717, 1.165) is 23.2 Å². The lowest BCUT2D eigenvalue weighted by Gasteiger charge is -2.26. The Morgan fingerprint density at radius 3 is 2.80 bits per heavy atom. The lowest BCUT2D eigenvalue weighted by atomic mass is 9.93. The predicted octanol–water partition coefficient (Wildman–Crippen LogP) is 2.86. The molecule has 0 radical (unpaired) electrons. The van der Waals surface area contributed by atoms with E-state index >= 15 is 0 Å². The number of benzene rings is 1. The third kappa shape index (κ3) is 1.80. The molecule has 1 aliphatic rings. The monoisotopic (exact) mass is 201 g/mol. The van der Waals surface area contributed by atoms with Gasteiger partial charge < -0.3 is 5.32 Å². The number of nitrogens with one attached hydrogen (secondary N) is 1. The Balaban J connectivity index is 2.46. The van der Waals surface area contributed by atoms with Crippen LogP contribution in [0.15, 0.2) is 29.8 Å². The molecule has 1 aliphatic heterocycles. The molecule has 0 spiro atoms. The number of carbonyl (C=O) groups is 1. The van der Waals surface area contributed by atoms with Crippen LogP contribution in [0.2, 0.25) is 0 Å². The van der Waals surface area contributed by atoms with Gasteiger partial charge in [-0.05, 0) is 31.1 Å². The molecule has 0 saturated carbocycles. The van der Waals surface area contributed by atoms with E-state index in [2.05, 4.69) is 12.2 Å². The third-order valence-corrected chi connectivity index (χ3v) is 2.79. The summed E-state index contributed by atoms with van der Waals surface area (Å²) in [5.41, 5.74) is 3.11. The lowest BCUT2D eigenvalue weighted by molar-refractivity contribution is -0.113. The van der Waals surface area contributed by atoms with Crippen molar-refractivity contribution in [1.29, 1.82) is 0 Å². The Hall–Kier alpha value is -1.57. The highest BCUT2D eigenvalue weighted by Gasteiger charge is 2.21. The van der Waals surface area contributed by atoms with Crippen molar-refractivity contribution in [2.45, 2.75) is 26.3 Å². The molecule has 0 fully saturated rings. The zero-order valence-electron chi connectivity index (χ0n) is 9.08. The van der Waals surface area contributed by atoms with Gasteiger partial charge in [-0.15, -0.1) is 0 Å². The maximum absolute atomic E-state index is 11.5. The van der Waals surface area contributed by atoms with Gasteiger partial charge in [-0.1, -0.05) is 25.1 Å². The maximum Gasteiger partial charge on any atom is 0.157 e. The molecule has 2 rings (SSSR count). The zero-order chi connectivity index (χ0) is 10.8. The Labute approximate surface area is 90.0 Å². The van der Waals surface area contributed by atoms with E-state index in [9.17, 15) is 4.79 Å². The molecular formula is C13H15NO. The molecule has 0 bridgehead atoms. The van der Waals surface area contributed by atoms with Crippen LogP contribution in [0, 0.1) is 0 Å². The van der Waals surface area contributed by atoms with Crippen molar-refractivity contribution in [3.63, 3.8) is 0 Å². The molecule has 1 heterocycles. The van der Waals surface area contributed by atoms with Crippen LogP contribution in [-0.4, -0.2) is 11.8 Å². The number of anilines is 1. The Bertz CT molecular complexity index is 420. The highest BCUT2D eigenvalue weighted by molar-refractivity contribution is 6.01. The first-order chi connectivity index (χ1) is 7.22. The van der Waals surface area contributed by atoms with Gasteiger partial charge in [0.05, 0.1) is 6.04 Å². The summed E-state index contributed by atoms with van der Waals surface area (Å²) in [5.74, 6) is 0.156. The first-order valence-corrected chi connectivity index (χ1v) is 5.30. The summed E-state index contributed by atoms with van der Waals surface area (Å²) in [6.07, 6.45) is 2.93. The van der Waals surface area contributed by atoms with Crippen molar-refractivity contribution in [3.05, 3.63) is 35.4 Å². The second-order valence-corrected chi connectivity index (χ2v) is 3.85. The van der Waals surface area contributed by atoms with Crippen molar-refractivity contribution in [2.75, 3.05) is 5.32 Å². The van der Waals surface area contributed by atoms with Crippen LogP contribution in [-0.2, 0) is 4.79 Å². The van der Waals surface area contributed by atoms with Crippen LogP contribution >= 0.6 is 0 Å². The average molecular weight is 201 g/mol. The number of hydrogen-bond acceptors (Lipinski definition) is 2. The topological polar surface area (TPSA) is 29.1 Å². The van der Waals surface area contributed by atoms with Crippen LogP contribution in [0.25, 0.3) is 6.08 Å². The van der Waals surface area contributed by atoms with Gasteiger partial charge in [-0.3, -0.25) is 4.79 Å². The van der Waals surface area contributed by atoms with Gasteiger partial charge in [-0.2, -0.15) is 0 Å². The van der Waals surface area contributed by atoms with E-state index in [-0.39, 0.29) is 11.8 Å². The fourth-order valence-corrected chi connectivity index (χ4v) is 1.96. The summed E-state index contributed by atoms with van der Waals surface area (Å²) in [4.78, 5) is 11.5. The molecule has 0 saturated heterocycles. The Morgan fingerprint density at radius 1 is 1.40 bits per heavy atom. The molecule has 2 heteroatoms. The average Bonchev–Trinajstić information content (AvgIpc) is 2.27. The quantitative estimate of drug-likeness (QED) is 0.797. The van der Waals surface area contributed by atoms with E-state index in [4.69, 9.17) is 0 Å². The first kappa shape index (κ1) is 9.97. The molecule has 1 aromatic carbocycles. The normalized spacial score (nSPS) is 18.8. The molecule has 1 N–H and O–H groups in total. The summed E-state index contributed by atoms with van der Waals surface area (Å²) in [6, 6.07) is 8.23. The maximum atomic E-state index is 11.5. The van der Waals surface area contributed by atoms with Crippen molar-refractivity contribution in [3.8, 4) is 0 Å². The van der Waals surface area contributed by atoms with Gasteiger partial charge in [0.25, 0.3) is 0 Å². The molecule has 0 aromatic heterocycles. The number of hydrogen-bond donors (Lipinski definition) is 1. The molecular weight excluding hydrogens is 186 g/mol. The second-order valence-electron chi connectivity index (χ2n) is 3.85. The van der Waals surface area contributed by atoms with Crippen LogP contribution in [0.3, 0.4) is 0 Å². The smallest absolute Gasteiger partial charge is 0.157 e. The van der Waals surface area contributed by atoms with Gasteiger partial charge in [0.15, 0.2) is 5.78 Å². The lowest BCUT2D eigenvalue weighted by Crippen LogP contribution is -2.27. The summed E-state index contributed by atoms with van der Waals surface area (Å²) in [5, 5.41) is 3.39. The number of rotatable bonds is 2. The van der Waals surface area contributed by atoms with Crippen molar-refractivity contribution < 1.29 is 4.79 Å². The van der Waals surface area contributed by atoms with E-state index in [1.165, 1.54) is 0 Å². The summed E-state index contributed by atoms with van der Waals surface area (Å²) >= 11 is 0. The summed E-state index contributed by atoms with van der Waals surface area (Å²) in [7, 11) is 0. The standard InChI is InChI=1S/C13H15NO/c1-3-12-11(9(2)15)8-10-6-4-5-7-13(10)14-12/h4-8,12,14H,3H2,1-2H3. The fourth-order valence-electron chi connectivity index (χ4n) is 1.96. The highest BCUT2D eigenvalue weighted by Crippen LogP contribution is 2.28. The SMILES string of the molecule is CCC1Nc2ccccc2C=C1C(C)=O. The summed E-state index contributed by atoms with van der Waals surface area (Å²) in [6.45, 7) is 3.71. The van der Waals surface area contributed by atoms with Crippen molar-refractivity contribution in [1.82, 2.24) is 0 Å². The van der Waals surface area contributed by atoms with Crippen LogP contribution in [0.5, 0.6) is 0 Å². The van der Waals surface area contributed by atoms with Gasteiger partial charge >= 0.3 is 0 Å². The van der Waals surface area contributed by atoms with E-state index in [1.807, 2.05) is 30.3 Å². The minimum atomic E-state index is 0.156. The second kappa shape index (κ2) is 3.89. The number of ketones is 1. The molecule has 1 unspecified atom stereocenters. The minimum absolute atomic E-state index is 0.156. The predicted molar refractivity (Wildman–Crippen MR) is 62.8 cm³/mol. The van der Waals surface area contributed by atoms with E-state index in [0.29, 0.717) is 0 Å². The number of para-hydroxylation sites is 1. The van der Waals surface area contributed by atoms with Gasteiger partial charge in [-0.25, -0.2) is 0 Å². The van der Waals surface area contributed by atoms with E-state index in [1.54, 1.807) is 6.92 Å².